The van der Waals surface area contributed by atoms with Crippen LogP contribution in [0, 0.1) is 5.92 Å². The van der Waals surface area contributed by atoms with Crippen LogP contribution >= 0.6 is 0 Å². The van der Waals surface area contributed by atoms with Gasteiger partial charge in [-0.25, -0.2) is 14.8 Å². The number of nitrogens with one attached hydrogen (secondary N) is 1. The van der Waals surface area contributed by atoms with Crippen LogP contribution in [0.1, 0.15) is 6.42 Å². The van der Waals surface area contributed by atoms with Crippen molar-refractivity contribution < 1.29 is 23.1 Å². The van der Waals surface area contributed by atoms with Gasteiger partial charge in [0, 0.05) is 25.4 Å². The van der Waals surface area contributed by atoms with E-state index in [-0.39, 0.29) is 0 Å². The molecule has 1 fully saturated rings. The average molecular weight is 458 g/mol. The first kappa shape index (κ1) is 24.2. The van der Waals surface area contributed by atoms with Crippen LogP contribution in [0.2, 0.25) is 0 Å². The number of nitrogens with zero attached hydrogens (tertiary/aromatic N) is 3. The third kappa shape index (κ3) is 7.01. The van der Waals surface area contributed by atoms with E-state index in [0.29, 0.717) is 5.92 Å². The van der Waals surface area contributed by atoms with Crippen LogP contribution in [0.3, 0.4) is 0 Å². The number of hydrogen-bond donors (Lipinski definition) is 2. The standard InChI is InChI=1S/C22H24N4.C2HF3O2/c1-26(16-17-11-13-23-15-17)21-12-14-24-22(25-21)20-9-7-19(8-10-20)18-5-3-2-4-6-18;3-2(4,5)1(6)7/h2-10,12,14,17,23H,11,13,15-16H2,1H3;(H,6,7). The van der Waals surface area contributed by atoms with Crippen molar-refractivity contribution in [2.45, 2.75) is 12.6 Å². The zero-order chi connectivity index (χ0) is 23.8. The van der Waals surface area contributed by atoms with E-state index in [1.54, 1.807) is 0 Å². The Morgan fingerprint density at radius 1 is 1.06 bits per heavy atom. The van der Waals surface area contributed by atoms with Gasteiger partial charge >= 0.3 is 12.1 Å². The topological polar surface area (TPSA) is 78.3 Å². The number of carbonyl (C=O) groups is 1. The van der Waals surface area contributed by atoms with Gasteiger partial charge in [0.25, 0.3) is 0 Å². The van der Waals surface area contributed by atoms with Crippen molar-refractivity contribution in [3.63, 3.8) is 0 Å². The number of aromatic nitrogens is 2. The maximum Gasteiger partial charge on any atom is 0.490 e. The fourth-order valence-corrected chi connectivity index (χ4v) is 3.49. The van der Waals surface area contributed by atoms with Crippen LogP contribution in [0.15, 0.2) is 66.9 Å². The summed E-state index contributed by atoms with van der Waals surface area (Å²) in [6.45, 7) is 3.25. The molecule has 9 heteroatoms. The molecule has 0 aliphatic carbocycles. The maximum atomic E-state index is 10.6. The van der Waals surface area contributed by atoms with Gasteiger partial charge in [-0.15, -0.1) is 0 Å². The first-order valence-electron chi connectivity index (χ1n) is 10.4. The van der Waals surface area contributed by atoms with Gasteiger partial charge in [0.05, 0.1) is 0 Å². The summed E-state index contributed by atoms with van der Waals surface area (Å²) in [6.07, 6.45) is -1.99. The molecule has 0 amide bonds. The molecule has 4 rings (SSSR count). The van der Waals surface area contributed by atoms with Crippen molar-refractivity contribution in [1.29, 1.82) is 0 Å². The van der Waals surface area contributed by atoms with E-state index in [1.807, 2.05) is 18.3 Å². The van der Waals surface area contributed by atoms with Gasteiger partial charge in [-0.1, -0.05) is 54.6 Å². The largest absolute Gasteiger partial charge is 0.490 e. The van der Waals surface area contributed by atoms with Crippen LogP contribution in [-0.4, -0.2) is 53.9 Å². The van der Waals surface area contributed by atoms with Crippen molar-refractivity contribution in [2.75, 3.05) is 31.6 Å². The van der Waals surface area contributed by atoms with Crippen LogP contribution in [-0.2, 0) is 4.79 Å². The lowest BCUT2D eigenvalue weighted by atomic mass is 10.0. The highest BCUT2D eigenvalue weighted by Crippen LogP contribution is 2.24. The fourth-order valence-electron chi connectivity index (χ4n) is 3.49. The van der Waals surface area contributed by atoms with E-state index in [2.05, 4.69) is 70.8 Å². The molecule has 2 N–H and O–H groups in total. The van der Waals surface area contributed by atoms with Crippen LogP contribution in [0.5, 0.6) is 0 Å². The third-order valence-electron chi connectivity index (χ3n) is 5.22. The van der Waals surface area contributed by atoms with Crippen molar-refractivity contribution in [2.24, 2.45) is 5.92 Å². The summed E-state index contributed by atoms with van der Waals surface area (Å²) in [4.78, 5) is 20.4. The Kier molecular flexibility index (Phi) is 8.00. The second kappa shape index (κ2) is 10.9. The van der Waals surface area contributed by atoms with Gasteiger partial charge < -0.3 is 15.3 Å². The maximum absolute atomic E-state index is 10.6. The molecule has 2 aromatic carbocycles. The Morgan fingerprint density at radius 3 is 2.24 bits per heavy atom. The van der Waals surface area contributed by atoms with Gasteiger partial charge in [0.1, 0.15) is 5.82 Å². The molecule has 1 unspecified atom stereocenters. The minimum absolute atomic E-state index is 0.698. The zero-order valence-electron chi connectivity index (χ0n) is 18.1. The Balaban J connectivity index is 0.000000383. The first-order chi connectivity index (χ1) is 15.7. The Bertz CT molecular complexity index is 1040. The smallest absolute Gasteiger partial charge is 0.475 e. The van der Waals surface area contributed by atoms with Gasteiger partial charge in [0.2, 0.25) is 0 Å². The number of carboxylic acid groups (broad SMARTS) is 1. The molecule has 1 atom stereocenters. The zero-order valence-corrected chi connectivity index (χ0v) is 18.1. The number of benzene rings is 2. The summed E-state index contributed by atoms with van der Waals surface area (Å²) < 4.78 is 31.7. The molecule has 1 saturated heterocycles. The number of carboxylic acids is 1. The summed E-state index contributed by atoms with van der Waals surface area (Å²) in [5.74, 6) is -0.302. The number of alkyl halides is 3. The van der Waals surface area contributed by atoms with E-state index in [4.69, 9.17) is 14.9 Å². The van der Waals surface area contributed by atoms with Gasteiger partial charge in [-0.2, -0.15) is 13.2 Å². The fraction of sp³-hybridized carbons (Fsp3) is 0.292. The Labute approximate surface area is 190 Å². The van der Waals surface area contributed by atoms with E-state index >= 15 is 0 Å². The predicted octanol–water partition coefficient (Wildman–Crippen LogP) is 4.49. The predicted molar refractivity (Wildman–Crippen MR) is 121 cm³/mol. The lowest BCUT2D eigenvalue weighted by Gasteiger charge is -2.21. The molecule has 3 aromatic rings. The van der Waals surface area contributed by atoms with Gasteiger partial charge in [-0.3, -0.25) is 0 Å². The quantitative estimate of drug-likeness (QED) is 0.587. The lowest BCUT2D eigenvalue weighted by molar-refractivity contribution is -0.192. The Morgan fingerprint density at radius 2 is 1.67 bits per heavy atom. The molecule has 174 valence electrons. The average Bonchev–Trinajstić information content (AvgIpc) is 3.33. The number of anilines is 1. The number of halogens is 3. The van der Waals surface area contributed by atoms with Crippen molar-refractivity contribution in [1.82, 2.24) is 15.3 Å². The normalized spacial score (nSPS) is 15.5. The second-order valence-electron chi connectivity index (χ2n) is 7.72. The molecule has 1 aromatic heterocycles. The van der Waals surface area contributed by atoms with Crippen LogP contribution in [0.4, 0.5) is 19.0 Å². The first-order valence-corrected chi connectivity index (χ1v) is 10.4. The summed E-state index contributed by atoms with van der Waals surface area (Å²) in [5.41, 5.74) is 3.47. The molecule has 1 aliphatic heterocycles. The summed E-state index contributed by atoms with van der Waals surface area (Å²) in [5, 5.41) is 10.6. The molecule has 0 bridgehead atoms. The highest BCUT2D eigenvalue weighted by molar-refractivity contribution is 5.73. The van der Waals surface area contributed by atoms with Gasteiger partial charge in [0.15, 0.2) is 5.82 Å². The van der Waals surface area contributed by atoms with Gasteiger partial charge in [-0.05, 0) is 42.6 Å². The Hall–Kier alpha value is -3.46. The summed E-state index contributed by atoms with van der Waals surface area (Å²) >= 11 is 0. The highest BCUT2D eigenvalue weighted by atomic mass is 19.4. The second-order valence-corrected chi connectivity index (χ2v) is 7.72. The van der Waals surface area contributed by atoms with E-state index in [9.17, 15) is 13.2 Å². The van der Waals surface area contributed by atoms with Crippen molar-refractivity contribution in [3.05, 3.63) is 66.9 Å². The SMILES string of the molecule is CN(CC1CCNC1)c1ccnc(-c2ccc(-c3ccccc3)cc2)n1.O=C(O)C(F)(F)F. The van der Waals surface area contributed by atoms with Crippen LogP contribution < -0.4 is 10.2 Å². The minimum atomic E-state index is -5.08. The molecule has 0 spiro atoms. The molecule has 0 radical (unpaired) electrons. The molecule has 6 nitrogen and oxygen atoms in total. The van der Waals surface area contributed by atoms with Crippen molar-refractivity contribution >= 4 is 11.8 Å². The molecular weight excluding hydrogens is 433 g/mol. The molecule has 2 heterocycles. The van der Waals surface area contributed by atoms with Crippen LogP contribution in [0.25, 0.3) is 22.5 Å². The monoisotopic (exact) mass is 458 g/mol. The molecule has 33 heavy (non-hydrogen) atoms. The number of hydrogen-bond acceptors (Lipinski definition) is 5. The lowest BCUT2D eigenvalue weighted by Crippen LogP contribution is -2.27. The minimum Gasteiger partial charge on any atom is -0.475 e. The number of rotatable bonds is 5. The third-order valence-corrected chi connectivity index (χ3v) is 5.22. The highest BCUT2D eigenvalue weighted by Gasteiger charge is 2.38. The van der Waals surface area contributed by atoms with E-state index in [1.165, 1.54) is 17.5 Å². The van der Waals surface area contributed by atoms with Crippen molar-refractivity contribution in [3.8, 4) is 22.5 Å². The number of aliphatic carboxylic acids is 1. The summed E-state index contributed by atoms with van der Waals surface area (Å²) in [7, 11) is 2.11. The molecular formula is C24H25F3N4O2. The molecule has 1 aliphatic rings. The van der Waals surface area contributed by atoms with E-state index < -0.39 is 12.1 Å². The molecule has 0 saturated carbocycles. The summed E-state index contributed by atoms with van der Waals surface area (Å²) in [6, 6.07) is 20.9. The van der Waals surface area contributed by atoms with E-state index in [0.717, 1.165) is 36.8 Å².